The Morgan fingerprint density at radius 2 is 1.57 bits per heavy atom. The SMILES string of the molecule is OC1(CN2CC3(CCCC3)C2)CCC1. The van der Waals surface area contributed by atoms with Gasteiger partial charge in [0.2, 0.25) is 0 Å². The molecule has 1 aliphatic heterocycles. The topological polar surface area (TPSA) is 23.5 Å². The van der Waals surface area contributed by atoms with Crippen LogP contribution in [-0.2, 0) is 0 Å². The third kappa shape index (κ3) is 1.40. The van der Waals surface area contributed by atoms with Crippen LogP contribution in [0.15, 0.2) is 0 Å². The number of aliphatic hydroxyl groups is 1. The van der Waals surface area contributed by atoms with Gasteiger partial charge in [-0.3, -0.25) is 4.90 Å². The fourth-order valence-corrected chi connectivity index (χ4v) is 3.61. The largest absolute Gasteiger partial charge is 0.389 e. The maximum Gasteiger partial charge on any atom is 0.0774 e. The summed E-state index contributed by atoms with van der Waals surface area (Å²) in [7, 11) is 0. The quantitative estimate of drug-likeness (QED) is 0.726. The van der Waals surface area contributed by atoms with Crippen LogP contribution in [0.25, 0.3) is 0 Å². The second kappa shape index (κ2) is 2.96. The number of rotatable bonds is 2. The van der Waals surface area contributed by atoms with Crippen molar-refractivity contribution in [2.45, 2.75) is 50.5 Å². The molecule has 0 radical (unpaired) electrons. The summed E-state index contributed by atoms with van der Waals surface area (Å²) in [6, 6.07) is 0. The van der Waals surface area contributed by atoms with Gasteiger partial charge in [0.15, 0.2) is 0 Å². The molecule has 0 aromatic carbocycles. The number of likely N-dealkylation sites (tertiary alicyclic amines) is 1. The molecule has 0 amide bonds. The van der Waals surface area contributed by atoms with Gasteiger partial charge in [-0.1, -0.05) is 12.8 Å². The first-order chi connectivity index (χ1) is 6.70. The zero-order valence-corrected chi connectivity index (χ0v) is 8.97. The summed E-state index contributed by atoms with van der Waals surface area (Å²) in [5.74, 6) is 0. The van der Waals surface area contributed by atoms with Crippen molar-refractivity contribution in [3.05, 3.63) is 0 Å². The highest BCUT2D eigenvalue weighted by Crippen LogP contribution is 2.46. The Bertz CT molecular complexity index is 220. The minimum absolute atomic E-state index is 0.291. The molecule has 80 valence electrons. The summed E-state index contributed by atoms with van der Waals surface area (Å²) in [6.07, 6.45) is 9.09. The molecule has 2 heteroatoms. The lowest BCUT2D eigenvalue weighted by molar-refractivity contribution is -0.101. The Hall–Kier alpha value is -0.0800. The van der Waals surface area contributed by atoms with Crippen LogP contribution in [0.3, 0.4) is 0 Å². The Labute approximate surface area is 86.3 Å². The monoisotopic (exact) mass is 195 g/mol. The van der Waals surface area contributed by atoms with E-state index in [1.54, 1.807) is 0 Å². The van der Waals surface area contributed by atoms with E-state index in [2.05, 4.69) is 4.90 Å². The summed E-state index contributed by atoms with van der Waals surface area (Å²) in [5, 5.41) is 10.0. The minimum Gasteiger partial charge on any atom is -0.389 e. The number of β-amino-alcohol motifs (C(OH)–C–C–N with tert-alkyl or cyclic N) is 1. The highest BCUT2D eigenvalue weighted by molar-refractivity contribution is 5.01. The molecule has 0 aromatic rings. The predicted octanol–water partition coefficient (Wildman–Crippen LogP) is 1.78. The lowest BCUT2D eigenvalue weighted by atomic mass is 9.74. The van der Waals surface area contributed by atoms with E-state index < -0.39 is 0 Å². The number of nitrogens with zero attached hydrogens (tertiary/aromatic N) is 1. The van der Waals surface area contributed by atoms with Crippen LogP contribution >= 0.6 is 0 Å². The van der Waals surface area contributed by atoms with E-state index >= 15 is 0 Å². The van der Waals surface area contributed by atoms with E-state index in [4.69, 9.17) is 0 Å². The summed E-state index contributed by atoms with van der Waals surface area (Å²) >= 11 is 0. The average Bonchev–Trinajstić information content (AvgIpc) is 2.49. The molecule has 1 spiro atoms. The molecule has 3 fully saturated rings. The van der Waals surface area contributed by atoms with Crippen LogP contribution in [0.1, 0.15) is 44.9 Å². The van der Waals surface area contributed by atoms with Crippen molar-refractivity contribution in [2.75, 3.05) is 19.6 Å². The van der Waals surface area contributed by atoms with Crippen LogP contribution in [0.5, 0.6) is 0 Å². The van der Waals surface area contributed by atoms with Gasteiger partial charge in [-0.05, 0) is 37.5 Å². The maximum atomic E-state index is 10.0. The molecular formula is C12H21NO. The van der Waals surface area contributed by atoms with Crippen molar-refractivity contribution in [1.29, 1.82) is 0 Å². The van der Waals surface area contributed by atoms with Gasteiger partial charge in [-0.15, -0.1) is 0 Å². The van der Waals surface area contributed by atoms with Crippen molar-refractivity contribution in [3.8, 4) is 0 Å². The highest BCUT2D eigenvalue weighted by atomic mass is 16.3. The van der Waals surface area contributed by atoms with E-state index in [1.165, 1.54) is 45.2 Å². The van der Waals surface area contributed by atoms with Gasteiger partial charge in [-0.25, -0.2) is 0 Å². The first-order valence-corrected chi connectivity index (χ1v) is 6.15. The summed E-state index contributed by atoms with van der Waals surface area (Å²) < 4.78 is 0. The molecule has 2 saturated carbocycles. The lowest BCUT2D eigenvalue weighted by Crippen LogP contribution is -2.60. The Morgan fingerprint density at radius 3 is 2.07 bits per heavy atom. The third-order valence-electron chi connectivity index (χ3n) is 4.58. The molecule has 1 saturated heterocycles. The first kappa shape index (κ1) is 9.17. The Morgan fingerprint density at radius 1 is 0.929 bits per heavy atom. The molecule has 14 heavy (non-hydrogen) atoms. The Kier molecular flexibility index (Phi) is 1.94. The normalized spacial score (nSPS) is 34.1. The predicted molar refractivity (Wildman–Crippen MR) is 56.1 cm³/mol. The molecular weight excluding hydrogens is 174 g/mol. The fourth-order valence-electron chi connectivity index (χ4n) is 3.61. The fraction of sp³-hybridized carbons (Fsp3) is 1.00. The van der Waals surface area contributed by atoms with Gasteiger partial charge in [0.1, 0.15) is 0 Å². The van der Waals surface area contributed by atoms with Crippen molar-refractivity contribution in [1.82, 2.24) is 4.90 Å². The molecule has 3 aliphatic rings. The maximum absolute atomic E-state index is 10.0. The van der Waals surface area contributed by atoms with Crippen molar-refractivity contribution >= 4 is 0 Å². The smallest absolute Gasteiger partial charge is 0.0774 e. The van der Waals surface area contributed by atoms with Crippen LogP contribution in [0.2, 0.25) is 0 Å². The van der Waals surface area contributed by atoms with Crippen LogP contribution < -0.4 is 0 Å². The van der Waals surface area contributed by atoms with Crippen LogP contribution in [0.4, 0.5) is 0 Å². The van der Waals surface area contributed by atoms with Gasteiger partial charge >= 0.3 is 0 Å². The standard InChI is InChI=1S/C12H21NO/c14-12(6-3-7-12)10-13-8-11(9-13)4-1-2-5-11/h14H,1-10H2. The number of hydrogen-bond acceptors (Lipinski definition) is 2. The van der Waals surface area contributed by atoms with Gasteiger partial charge < -0.3 is 5.11 Å². The summed E-state index contributed by atoms with van der Waals surface area (Å²) in [4.78, 5) is 2.48. The molecule has 1 heterocycles. The molecule has 0 bridgehead atoms. The molecule has 2 aliphatic carbocycles. The van der Waals surface area contributed by atoms with E-state index in [1.807, 2.05) is 0 Å². The highest BCUT2D eigenvalue weighted by Gasteiger charge is 2.47. The van der Waals surface area contributed by atoms with Gasteiger partial charge in [0.25, 0.3) is 0 Å². The van der Waals surface area contributed by atoms with Gasteiger partial charge in [0, 0.05) is 19.6 Å². The van der Waals surface area contributed by atoms with Crippen molar-refractivity contribution < 1.29 is 5.11 Å². The Balaban J connectivity index is 1.49. The van der Waals surface area contributed by atoms with Crippen molar-refractivity contribution in [3.63, 3.8) is 0 Å². The third-order valence-corrected chi connectivity index (χ3v) is 4.58. The summed E-state index contributed by atoms with van der Waals surface area (Å²) in [6.45, 7) is 3.50. The van der Waals surface area contributed by atoms with Crippen LogP contribution in [0, 0.1) is 5.41 Å². The lowest BCUT2D eigenvalue weighted by Gasteiger charge is -2.52. The van der Waals surface area contributed by atoms with Gasteiger partial charge in [0.05, 0.1) is 5.60 Å². The second-order valence-electron chi connectivity index (χ2n) is 5.93. The molecule has 3 rings (SSSR count). The molecule has 1 N–H and O–H groups in total. The van der Waals surface area contributed by atoms with Gasteiger partial charge in [-0.2, -0.15) is 0 Å². The molecule has 0 aromatic heterocycles. The van der Waals surface area contributed by atoms with E-state index in [9.17, 15) is 5.11 Å². The zero-order chi connectivity index (χ0) is 9.65. The average molecular weight is 195 g/mol. The van der Waals surface area contributed by atoms with Crippen LogP contribution in [-0.4, -0.2) is 35.2 Å². The molecule has 0 unspecified atom stereocenters. The van der Waals surface area contributed by atoms with E-state index in [-0.39, 0.29) is 5.60 Å². The molecule has 2 nitrogen and oxygen atoms in total. The van der Waals surface area contributed by atoms with Crippen molar-refractivity contribution in [2.24, 2.45) is 5.41 Å². The first-order valence-electron chi connectivity index (χ1n) is 6.15. The van der Waals surface area contributed by atoms with E-state index in [0.29, 0.717) is 5.41 Å². The summed E-state index contributed by atoms with van der Waals surface area (Å²) in [5.41, 5.74) is 0.403. The molecule has 0 atom stereocenters. The zero-order valence-electron chi connectivity index (χ0n) is 8.97. The van der Waals surface area contributed by atoms with E-state index in [0.717, 1.165) is 19.4 Å². The number of hydrogen-bond donors (Lipinski definition) is 1. The second-order valence-corrected chi connectivity index (χ2v) is 5.93. The minimum atomic E-state index is -0.291.